The standard InChI is InChI=1S/C10H6OS4/c11-8-6-1-3-12-9(6)14-5-15-10-7(8)2-4-13-10/h1-4H,5H2. The monoisotopic (exact) mass is 270 g/mol. The summed E-state index contributed by atoms with van der Waals surface area (Å²) in [4.78, 5) is 12.2. The minimum atomic E-state index is 0.183. The first-order valence-electron chi connectivity index (χ1n) is 4.31. The lowest BCUT2D eigenvalue weighted by Crippen LogP contribution is -2.02. The van der Waals surface area contributed by atoms with Crippen LogP contribution >= 0.6 is 46.2 Å². The molecule has 0 unspecified atom stereocenters. The van der Waals surface area contributed by atoms with Crippen LogP contribution < -0.4 is 0 Å². The van der Waals surface area contributed by atoms with E-state index in [0.717, 1.165) is 24.6 Å². The molecule has 1 nitrogen and oxygen atoms in total. The van der Waals surface area contributed by atoms with Gasteiger partial charge in [0.15, 0.2) is 5.78 Å². The van der Waals surface area contributed by atoms with E-state index >= 15 is 0 Å². The zero-order valence-electron chi connectivity index (χ0n) is 7.56. The molecule has 0 spiro atoms. The molecule has 0 fully saturated rings. The summed E-state index contributed by atoms with van der Waals surface area (Å²) in [5.74, 6) is 0.183. The summed E-state index contributed by atoms with van der Waals surface area (Å²) in [5, 5.41) is 4.99. The molecule has 1 aliphatic rings. The Morgan fingerprint density at radius 1 is 0.933 bits per heavy atom. The minimum absolute atomic E-state index is 0.183. The van der Waals surface area contributed by atoms with Crippen LogP contribution in [-0.4, -0.2) is 10.9 Å². The highest BCUT2D eigenvalue weighted by Crippen LogP contribution is 2.41. The SMILES string of the molecule is O=C1c2ccsc2SCSc2sccc21. The third-order valence-electron chi connectivity index (χ3n) is 2.13. The molecule has 2 aromatic heterocycles. The summed E-state index contributed by atoms with van der Waals surface area (Å²) in [6.45, 7) is 0. The lowest BCUT2D eigenvalue weighted by atomic mass is 10.1. The van der Waals surface area contributed by atoms with Crippen LogP contribution in [-0.2, 0) is 0 Å². The van der Waals surface area contributed by atoms with E-state index in [4.69, 9.17) is 0 Å². The normalized spacial score (nSPS) is 15.3. The van der Waals surface area contributed by atoms with E-state index in [2.05, 4.69) is 0 Å². The number of rotatable bonds is 0. The molecule has 0 aromatic carbocycles. The largest absolute Gasteiger partial charge is 0.288 e. The molecule has 2 aromatic rings. The molecule has 0 bridgehead atoms. The predicted molar refractivity (Wildman–Crippen MR) is 68.7 cm³/mol. The van der Waals surface area contributed by atoms with Crippen molar-refractivity contribution in [1.82, 2.24) is 0 Å². The first-order chi connectivity index (χ1) is 7.36. The number of thiophene rings is 2. The molecule has 3 rings (SSSR count). The van der Waals surface area contributed by atoms with Gasteiger partial charge in [-0.3, -0.25) is 4.79 Å². The van der Waals surface area contributed by atoms with Gasteiger partial charge in [0.05, 0.1) is 13.5 Å². The smallest absolute Gasteiger partial charge is 0.196 e. The summed E-state index contributed by atoms with van der Waals surface area (Å²) < 4.78 is 2.31. The molecular formula is C10H6OS4. The lowest BCUT2D eigenvalue weighted by Gasteiger charge is -2.08. The van der Waals surface area contributed by atoms with Gasteiger partial charge in [0.2, 0.25) is 0 Å². The molecular weight excluding hydrogens is 264 g/mol. The second kappa shape index (κ2) is 3.97. The molecule has 0 N–H and O–H groups in total. The van der Waals surface area contributed by atoms with Gasteiger partial charge in [0, 0.05) is 11.1 Å². The molecule has 76 valence electrons. The van der Waals surface area contributed by atoms with Gasteiger partial charge in [0.25, 0.3) is 0 Å². The number of carbonyl (C=O) groups excluding carboxylic acids is 1. The van der Waals surface area contributed by atoms with Crippen LogP contribution in [0.15, 0.2) is 31.3 Å². The van der Waals surface area contributed by atoms with Gasteiger partial charge >= 0.3 is 0 Å². The van der Waals surface area contributed by atoms with Crippen molar-refractivity contribution in [2.24, 2.45) is 0 Å². The highest BCUT2D eigenvalue weighted by atomic mass is 32.2. The van der Waals surface area contributed by atoms with Gasteiger partial charge in [0.1, 0.15) is 0 Å². The number of ketones is 1. The maximum absolute atomic E-state index is 12.2. The highest BCUT2D eigenvalue weighted by Gasteiger charge is 2.21. The van der Waals surface area contributed by atoms with E-state index < -0.39 is 0 Å². The summed E-state index contributed by atoms with van der Waals surface area (Å²) in [6.07, 6.45) is 0. The second-order valence-electron chi connectivity index (χ2n) is 2.98. The molecule has 0 aliphatic carbocycles. The fraction of sp³-hybridized carbons (Fsp3) is 0.100. The van der Waals surface area contributed by atoms with Crippen molar-refractivity contribution in [3.63, 3.8) is 0 Å². The van der Waals surface area contributed by atoms with Crippen LogP contribution in [0.1, 0.15) is 15.9 Å². The topological polar surface area (TPSA) is 17.1 Å². The maximum atomic E-state index is 12.2. The summed E-state index contributed by atoms with van der Waals surface area (Å²) in [7, 11) is 0. The molecule has 0 saturated carbocycles. The Hall–Kier alpha value is -0.230. The van der Waals surface area contributed by atoms with E-state index in [1.54, 1.807) is 46.2 Å². The van der Waals surface area contributed by atoms with Gasteiger partial charge < -0.3 is 0 Å². The van der Waals surface area contributed by atoms with Gasteiger partial charge in [-0.25, -0.2) is 0 Å². The van der Waals surface area contributed by atoms with Crippen molar-refractivity contribution in [2.75, 3.05) is 5.08 Å². The summed E-state index contributed by atoms with van der Waals surface area (Å²) in [5.41, 5.74) is 1.76. The Labute approximate surface area is 104 Å². The third kappa shape index (κ3) is 1.67. The highest BCUT2D eigenvalue weighted by molar-refractivity contribution is 8.17. The summed E-state index contributed by atoms with van der Waals surface area (Å²) in [6, 6.07) is 3.87. The Kier molecular flexibility index (Phi) is 2.64. The molecule has 0 saturated heterocycles. The Balaban J connectivity index is 2.17. The van der Waals surface area contributed by atoms with Gasteiger partial charge in [-0.2, -0.15) is 0 Å². The lowest BCUT2D eigenvalue weighted by molar-refractivity contribution is 0.103. The van der Waals surface area contributed by atoms with Crippen LogP contribution in [0.4, 0.5) is 0 Å². The van der Waals surface area contributed by atoms with Crippen molar-refractivity contribution in [1.29, 1.82) is 0 Å². The van der Waals surface area contributed by atoms with Crippen LogP contribution in [0.5, 0.6) is 0 Å². The van der Waals surface area contributed by atoms with E-state index in [0.29, 0.717) is 0 Å². The third-order valence-corrected chi connectivity index (χ3v) is 6.73. The molecule has 5 heteroatoms. The minimum Gasteiger partial charge on any atom is -0.288 e. The fourth-order valence-electron chi connectivity index (χ4n) is 1.43. The number of hydrogen-bond acceptors (Lipinski definition) is 5. The maximum Gasteiger partial charge on any atom is 0.196 e. The average Bonchev–Trinajstić information content (AvgIpc) is 2.83. The van der Waals surface area contributed by atoms with Crippen LogP contribution in [0, 0.1) is 0 Å². The van der Waals surface area contributed by atoms with E-state index in [9.17, 15) is 4.79 Å². The van der Waals surface area contributed by atoms with E-state index in [-0.39, 0.29) is 5.78 Å². The van der Waals surface area contributed by atoms with Crippen molar-refractivity contribution >= 4 is 52.0 Å². The molecule has 0 atom stereocenters. The zero-order chi connectivity index (χ0) is 10.3. The molecule has 0 amide bonds. The Bertz CT molecular complexity index is 467. The Morgan fingerprint density at radius 3 is 2.00 bits per heavy atom. The van der Waals surface area contributed by atoms with Crippen molar-refractivity contribution in [3.05, 3.63) is 34.0 Å². The van der Waals surface area contributed by atoms with Gasteiger partial charge in [-0.05, 0) is 22.9 Å². The summed E-state index contributed by atoms with van der Waals surface area (Å²) >= 11 is 6.86. The number of hydrogen-bond donors (Lipinski definition) is 0. The van der Waals surface area contributed by atoms with Crippen LogP contribution in [0.25, 0.3) is 0 Å². The van der Waals surface area contributed by atoms with Gasteiger partial charge in [-0.15, -0.1) is 46.2 Å². The molecule has 0 radical (unpaired) electrons. The van der Waals surface area contributed by atoms with Crippen LogP contribution in [0.2, 0.25) is 0 Å². The number of carbonyl (C=O) groups is 1. The predicted octanol–water partition coefficient (Wildman–Crippen LogP) is 4.20. The first-order valence-corrected chi connectivity index (χ1v) is 8.04. The molecule has 15 heavy (non-hydrogen) atoms. The number of fused-ring (bicyclic) bond motifs is 2. The van der Waals surface area contributed by atoms with Crippen molar-refractivity contribution in [2.45, 2.75) is 8.42 Å². The number of thioether (sulfide) groups is 2. The quantitative estimate of drug-likeness (QED) is 0.714. The Morgan fingerprint density at radius 2 is 1.47 bits per heavy atom. The van der Waals surface area contributed by atoms with Crippen molar-refractivity contribution < 1.29 is 4.79 Å². The zero-order valence-corrected chi connectivity index (χ0v) is 10.8. The average molecular weight is 270 g/mol. The molecule has 1 aliphatic heterocycles. The van der Waals surface area contributed by atoms with Crippen molar-refractivity contribution in [3.8, 4) is 0 Å². The fourth-order valence-corrected chi connectivity index (χ4v) is 6.13. The first kappa shape index (κ1) is 9.96. The molecule has 3 heterocycles. The second-order valence-corrected chi connectivity index (χ2v) is 7.66. The van der Waals surface area contributed by atoms with Crippen LogP contribution in [0.3, 0.4) is 0 Å². The van der Waals surface area contributed by atoms with E-state index in [1.807, 2.05) is 22.9 Å². The van der Waals surface area contributed by atoms with Gasteiger partial charge in [-0.1, -0.05) is 0 Å². The van der Waals surface area contributed by atoms with E-state index in [1.165, 1.54) is 0 Å².